The Morgan fingerprint density at radius 2 is 2.22 bits per heavy atom. The molecule has 0 saturated carbocycles. The Labute approximate surface area is 138 Å². The van der Waals surface area contributed by atoms with Gasteiger partial charge in [0, 0.05) is 36.9 Å². The fourth-order valence-electron chi connectivity index (χ4n) is 3.04. The highest BCUT2D eigenvalue weighted by Gasteiger charge is 2.25. The lowest BCUT2D eigenvalue weighted by Gasteiger charge is -2.20. The zero-order valence-corrected chi connectivity index (χ0v) is 14.8. The van der Waals surface area contributed by atoms with Gasteiger partial charge in [-0.1, -0.05) is 0 Å². The number of aromatic nitrogens is 1. The first kappa shape index (κ1) is 17.7. The Hall–Kier alpha value is -1.66. The van der Waals surface area contributed by atoms with Gasteiger partial charge in [-0.3, -0.25) is 9.69 Å². The van der Waals surface area contributed by atoms with Gasteiger partial charge >= 0.3 is 0 Å². The molecule has 6 heteroatoms. The minimum absolute atomic E-state index is 0.0476. The van der Waals surface area contributed by atoms with E-state index in [0.29, 0.717) is 25.0 Å². The van der Waals surface area contributed by atoms with Gasteiger partial charge < -0.3 is 15.0 Å². The second-order valence-electron chi connectivity index (χ2n) is 6.49. The maximum atomic E-state index is 12.2. The monoisotopic (exact) mass is 320 g/mol. The van der Waals surface area contributed by atoms with Crippen molar-refractivity contribution in [2.45, 2.75) is 32.9 Å². The number of hydrogen-bond donors (Lipinski definition) is 1. The summed E-state index contributed by atoms with van der Waals surface area (Å²) in [5.41, 5.74) is 2.95. The molecule has 1 fully saturated rings. The van der Waals surface area contributed by atoms with E-state index in [4.69, 9.17) is 4.74 Å². The molecule has 1 atom stereocenters. The summed E-state index contributed by atoms with van der Waals surface area (Å²) < 4.78 is 5.33. The standard InChI is InChI=1S/C17H28N4O2/c1-12-8-13(2)19-17(23-5)15(12)9-18-16(22)11-21-7-6-14(10-21)20(3)4/h8,14H,6-7,9-11H2,1-5H3,(H,18,22)/t14-/m0/s1. The van der Waals surface area contributed by atoms with Gasteiger partial charge in [0.05, 0.1) is 13.7 Å². The summed E-state index contributed by atoms with van der Waals surface area (Å²) in [5, 5.41) is 2.99. The van der Waals surface area contributed by atoms with E-state index >= 15 is 0 Å². The summed E-state index contributed by atoms with van der Waals surface area (Å²) in [5.74, 6) is 0.642. The largest absolute Gasteiger partial charge is 0.481 e. The van der Waals surface area contributed by atoms with Crippen LogP contribution in [-0.2, 0) is 11.3 Å². The van der Waals surface area contributed by atoms with E-state index in [0.717, 1.165) is 36.3 Å². The fraction of sp³-hybridized carbons (Fsp3) is 0.647. The van der Waals surface area contributed by atoms with Crippen LogP contribution in [-0.4, -0.2) is 67.6 Å². The molecular weight excluding hydrogens is 292 g/mol. The Bertz CT molecular complexity index is 560. The van der Waals surface area contributed by atoms with Crippen LogP contribution in [0.15, 0.2) is 6.07 Å². The fourth-order valence-corrected chi connectivity index (χ4v) is 3.04. The number of carbonyl (C=O) groups is 1. The van der Waals surface area contributed by atoms with Crippen LogP contribution in [0.5, 0.6) is 5.88 Å². The highest BCUT2D eigenvalue weighted by molar-refractivity contribution is 5.78. The molecule has 0 aliphatic carbocycles. The van der Waals surface area contributed by atoms with Gasteiger partial charge in [-0.25, -0.2) is 4.98 Å². The second kappa shape index (κ2) is 7.75. The summed E-state index contributed by atoms with van der Waals surface area (Å²) in [4.78, 5) is 21.0. The Balaban J connectivity index is 1.88. The number of methoxy groups -OCH3 is 1. The first-order valence-corrected chi connectivity index (χ1v) is 8.07. The van der Waals surface area contributed by atoms with Crippen molar-refractivity contribution >= 4 is 5.91 Å². The molecule has 1 N–H and O–H groups in total. The predicted octanol–water partition coefficient (Wildman–Crippen LogP) is 0.959. The van der Waals surface area contributed by atoms with E-state index in [1.807, 2.05) is 19.9 Å². The Morgan fingerprint density at radius 3 is 2.83 bits per heavy atom. The van der Waals surface area contributed by atoms with E-state index in [1.165, 1.54) is 0 Å². The molecular formula is C17H28N4O2. The first-order chi connectivity index (χ1) is 10.9. The Kier molecular flexibility index (Phi) is 5.96. The number of carbonyl (C=O) groups excluding carboxylic acids is 1. The number of rotatable bonds is 6. The number of hydrogen-bond acceptors (Lipinski definition) is 5. The van der Waals surface area contributed by atoms with Crippen LogP contribution < -0.4 is 10.1 Å². The van der Waals surface area contributed by atoms with E-state index < -0.39 is 0 Å². The predicted molar refractivity (Wildman–Crippen MR) is 90.6 cm³/mol. The molecule has 1 aliphatic rings. The number of nitrogens with zero attached hydrogens (tertiary/aromatic N) is 3. The zero-order chi connectivity index (χ0) is 17.0. The van der Waals surface area contributed by atoms with Crippen molar-refractivity contribution in [3.05, 3.63) is 22.9 Å². The van der Waals surface area contributed by atoms with Gasteiger partial charge in [-0.05, 0) is 46.0 Å². The molecule has 1 saturated heterocycles. The van der Waals surface area contributed by atoms with Crippen molar-refractivity contribution in [3.63, 3.8) is 0 Å². The van der Waals surface area contributed by atoms with Crippen molar-refractivity contribution in [1.29, 1.82) is 0 Å². The van der Waals surface area contributed by atoms with Crippen LogP contribution in [0.25, 0.3) is 0 Å². The summed E-state index contributed by atoms with van der Waals surface area (Å²) >= 11 is 0. The lowest BCUT2D eigenvalue weighted by Crippen LogP contribution is -2.38. The van der Waals surface area contributed by atoms with Crippen molar-refractivity contribution in [2.24, 2.45) is 0 Å². The average Bonchev–Trinajstić information content (AvgIpc) is 2.94. The van der Waals surface area contributed by atoms with Crippen LogP contribution in [0.4, 0.5) is 0 Å². The highest BCUT2D eigenvalue weighted by atomic mass is 16.5. The molecule has 1 aliphatic heterocycles. The number of likely N-dealkylation sites (tertiary alicyclic amines) is 1. The van der Waals surface area contributed by atoms with E-state index in [1.54, 1.807) is 7.11 Å². The van der Waals surface area contributed by atoms with Crippen LogP contribution in [0, 0.1) is 13.8 Å². The summed E-state index contributed by atoms with van der Waals surface area (Å²) in [6.07, 6.45) is 1.12. The number of aryl methyl sites for hydroxylation is 2. The van der Waals surface area contributed by atoms with Crippen LogP contribution in [0.3, 0.4) is 0 Å². The van der Waals surface area contributed by atoms with Crippen molar-refractivity contribution in [1.82, 2.24) is 20.1 Å². The molecule has 2 rings (SSSR count). The first-order valence-electron chi connectivity index (χ1n) is 8.07. The SMILES string of the molecule is COc1nc(C)cc(C)c1CNC(=O)CN1CC[C@H](N(C)C)C1. The van der Waals surface area contributed by atoms with E-state index in [2.05, 4.69) is 34.2 Å². The molecule has 1 aromatic heterocycles. The maximum absolute atomic E-state index is 12.2. The van der Waals surface area contributed by atoms with Gasteiger partial charge in [0.15, 0.2) is 0 Å². The van der Waals surface area contributed by atoms with Gasteiger partial charge in [-0.15, -0.1) is 0 Å². The number of nitrogens with one attached hydrogen (secondary N) is 1. The van der Waals surface area contributed by atoms with Crippen molar-refractivity contribution < 1.29 is 9.53 Å². The maximum Gasteiger partial charge on any atom is 0.234 e. The molecule has 128 valence electrons. The molecule has 0 bridgehead atoms. The van der Waals surface area contributed by atoms with E-state index in [9.17, 15) is 4.79 Å². The van der Waals surface area contributed by atoms with Crippen molar-refractivity contribution in [2.75, 3.05) is 40.8 Å². The molecule has 0 spiro atoms. The van der Waals surface area contributed by atoms with Crippen LogP contribution in [0.2, 0.25) is 0 Å². The van der Waals surface area contributed by atoms with Gasteiger partial charge in [-0.2, -0.15) is 0 Å². The second-order valence-corrected chi connectivity index (χ2v) is 6.49. The molecule has 2 heterocycles. The molecule has 1 amide bonds. The highest BCUT2D eigenvalue weighted by Crippen LogP contribution is 2.20. The van der Waals surface area contributed by atoms with Gasteiger partial charge in [0.25, 0.3) is 0 Å². The Morgan fingerprint density at radius 1 is 1.48 bits per heavy atom. The summed E-state index contributed by atoms with van der Waals surface area (Å²) in [6.45, 7) is 6.78. The van der Waals surface area contributed by atoms with E-state index in [-0.39, 0.29) is 5.91 Å². The number of pyridine rings is 1. The molecule has 23 heavy (non-hydrogen) atoms. The minimum Gasteiger partial charge on any atom is -0.481 e. The van der Waals surface area contributed by atoms with Gasteiger partial charge in [0.2, 0.25) is 11.8 Å². The third-order valence-electron chi connectivity index (χ3n) is 4.44. The number of likely N-dealkylation sites (N-methyl/N-ethyl adjacent to an activating group) is 1. The zero-order valence-electron chi connectivity index (χ0n) is 14.8. The quantitative estimate of drug-likeness (QED) is 0.846. The lowest BCUT2D eigenvalue weighted by molar-refractivity contribution is -0.122. The molecule has 1 aromatic rings. The molecule has 6 nitrogen and oxygen atoms in total. The van der Waals surface area contributed by atoms with Crippen LogP contribution in [0.1, 0.15) is 23.2 Å². The lowest BCUT2D eigenvalue weighted by atomic mass is 10.1. The van der Waals surface area contributed by atoms with Gasteiger partial charge in [0.1, 0.15) is 0 Å². The average molecular weight is 320 g/mol. The molecule has 0 radical (unpaired) electrons. The molecule has 0 unspecified atom stereocenters. The normalized spacial score (nSPS) is 18.4. The summed E-state index contributed by atoms with van der Waals surface area (Å²) in [6, 6.07) is 2.55. The number of ether oxygens (including phenoxy) is 1. The van der Waals surface area contributed by atoms with Crippen LogP contribution >= 0.6 is 0 Å². The third-order valence-corrected chi connectivity index (χ3v) is 4.44. The van der Waals surface area contributed by atoms with Crippen molar-refractivity contribution in [3.8, 4) is 5.88 Å². The minimum atomic E-state index is 0.0476. The summed E-state index contributed by atoms with van der Waals surface area (Å²) in [7, 11) is 5.79. The third kappa shape index (κ3) is 4.65. The topological polar surface area (TPSA) is 57.7 Å². The smallest absolute Gasteiger partial charge is 0.234 e. The molecule has 0 aromatic carbocycles. The number of amides is 1.